The Balaban J connectivity index is 1.73. The molecule has 3 heteroatoms. The summed E-state index contributed by atoms with van der Waals surface area (Å²) in [7, 11) is 0. The Hall–Kier alpha value is -0.310. The molecule has 0 aromatic rings. The molecule has 2 unspecified atom stereocenters. The van der Waals surface area contributed by atoms with E-state index in [0.717, 1.165) is 16.9 Å². The van der Waals surface area contributed by atoms with Gasteiger partial charge in [0.05, 0.1) is 0 Å². The van der Waals surface area contributed by atoms with Crippen LogP contribution < -0.4 is 10.6 Å². The van der Waals surface area contributed by atoms with Crippen molar-refractivity contribution in [3.05, 3.63) is 0 Å². The van der Waals surface area contributed by atoms with E-state index in [2.05, 4.69) is 24.5 Å². The van der Waals surface area contributed by atoms with Crippen molar-refractivity contribution in [2.24, 2.45) is 11.8 Å². The fourth-order valence-electron chi connectivity index (χ4n) is 3.55. The first kappa shape index (κ1) is 13.1. The van der Waals surface area contributed by atoms with Crippen molar-refractivity contribution in [3.63, 3.8) is 0 Å². The Bertz CT molecular complexity index is 251. The molecular weight excluding hydrogens is 228 g/mol. The molecule has 98 valence electrons. The number of thiocarbonyl (C=S) groups is 1. The van der Waals surface area contributed by atoms with Gasteiger partial charge in [0.15, 0.2) is 5.11 Å². The summed E-state index contributed by atoms with van der Waals surface area (Å²) in [4.78, 5) is 0. The molecule has 17 heavy (non-hydrogen) atoms. The minimum Gasteiger partial charge on any atom is -0.360 e. The highest BCUT2D eigenvalue weighted by molar-refractivity contribution is 7.80. The van der Waals surface area contributed by atoms with E-state index < -0.39 is 0 Å². The molecule has 2 fully saturated rings. The minimum atomic E-state index is 0.593. The van der Waals surface area contributed by atoms with Crippen molar-refractivity contribution in [2.45, 2.75) is 70.9 Å². The fraction of sp³-hybridized carbons (Fsp3) is 0.929. The summed E-state index contributed by atoms with van der Waals surface area (Å²) in [6.45, 7) is 4.72. The van der Waals surface area contributed by atoms with Crippen molar-refractivity contribution in [1.29, 1.82) is 0 Å². The second-order valence-corrected chi connectivity index (χ2v) is 6.62. The summed E-state index contributed by atoms with van der Waals surface area (Å²) in [5.74, 6) is 1.68. The molecule has 0 saturated heterocycles. The molecule has 0 spiro atoms. The molecule has 2 aliphatic rings. The third-order valence-electron chi connectivity index (χ3n) is 4.20. The number of hydrogen-bond donors (Lipinski definition) is 2. The normalized spacial score (nSPS) is 34.6. The molecule has 0 aliphatic heterocycles. The van der Waals surface area contributed by atoms with E-state index in [1.165, 1.54) is 44.9 Å². The monoisotopic (exact) mass is 254 g/mol. The van der Waals surface area contributed by atoms with E-state index in [-0.39, 0.29) is 0 Å². The quantitative estimate of drug-likeness (QED) is 0.740. The highest BCUT2D eigenvalue weighted by atomic mass is 32.1. The average molecular weight is 254 g/mol. The van der Waals surface area contributed by atoms with Crippen LogP contribution in [0.2, 0.25) is 0 Å². The van der Waals surface area contributed by atoms with Crippen LogP contribution in [-0.4, -0.2) is 17.2 Å². The van der Waals surface area contributed by atoms with E-state index in [1.54, 1.807) is 0 Å². The van der Waals surface area contributed by atoms with Gasteiger partial charge in [-0.1, -0.05) is 26.7 Å². The van der Waals surface area contributed by atoms with Crippen LogP contribution in [0.15, 0.2) is 0 Å². The molecule has 2 nitrogen and oxygen atoms in total. The van der Waals surface area contributed by atoms with Crippen LogP contribution in [0.1, 0.15) is 58.8 Å². The lowest BCUT2D eigenvalue weighted by atomic mass is 9.80. The van der Waals surface area contributed by atoms with E-state index in [4.69, 9.17) is 12.2 Å². The summed E-state index contributed by atoms with van der Waals surface area (Å²) in [5.41, 5.74) is 0. The Morgan fingerprint density at radius 2 is 1.41 bits per heavy atom. The smallest absolute Gasteiger partial charge is 0.166 e. The van der Waals surface area contributed by atoms with Gasteiger partial charge >= 0.3 is 0 Å². The molecule has 0 aromatic carbocycles. The summed E-state index contributed by atoms with van der Waals surface area (Å²) >= 11 is 5.43. The van der Waals surface area contributed by atoms with Crippen LogP contribution in [0.25, 0.3) is 0 Å². The lowest BCUT2D eigenvalue weighted by Gasteiger charge is -2.33. The van der Waals surface area contributed by atoms with Gasteiger partial charge < -0.3 is 10.6 Å². The molecule has 2 aliphatic carbocycles. The molecular formula is C14H26N2S. The third kappa shape index (κ3) is 4.13. The number of hydrogen-bond acceptors (Lipinski definition) is 1. The van der Waals surface area contributed by atoms with Crippen molar-refractivity contribution >= 4 is 17.3 Å². The average Bonchev–Trinajstić information content (AvgIpc) is 2.67. The first-order valence-corrected chi connectivity index (χ1v) is 7.61. The number of rotatable bonds is 2. The molecule has 2 N–H and O–H groups in total. The number of nitrogens with one attached hydrogen (secondary N) is 2. The van der Waals surface area contributed by atoms with Gasteiger partial charge in [-0.05, 0) is 56.2 Å². The van der Waals surface area contributed by atoms with E-state index in [1.807, 2.05) is 0 Å². The second-order valence-electron chi connectivity index (χ2n) is 6.21. The van der Waals surface area contributed by atoms with E-state index >= 15 is 0 Å². The van der Waals surface area contributed by atoms with Gasteiger partial charge in [0.2, 0.25) is 0 Å². The van der Waals surface area contributed by atoms with E-state index in [0.29, 0.717) is 12.1 Å². The van der Waals surface area contributed by atoms with Crippen LogP contribution >= 0.6 is 12.2 Å². The standard InChI is InChI=1S/C14H26N2S/c1-10-7-11(2)9-13(8-10)16-14(17)15-12-5-3-4-6-12/h10-13H,3-9H2,1-2H3,(H2,15,16,17). The molecule has 0 aromatic heterocycles. The molecule has 2 saturated carbocycles. The summed E-state index contributed by atoms with van der Waals surface area (Å²) in [6.07, 6.45) is 9.22. The van der Waals surface area contributed by atoms with Gasteiger partial charge in [-0.25, -0.2) is 0 Å². The lowest BCUT2D eigenvalue weighted by molar-refractivity contribution is 0.255. The first-order valence-electron chi connectivity index (χ1n) is 7.20. The Morgan fingerprint density at radius 1 is 0.882 bits per heavy atom. The van der Waals surface area contributed by atoms with Gasteiger partial charge in [-0.15, -0.1) is 0 Å². The largest absolute Gasteiger partial charge is 0.360 e. The van der Waals surface area contributed by atoms with Gasteiger partial charge in [-0.2, -0.15) is 0 Å². The molecule has 0 amide bonds. The summed E-state index contributed by atoms with van der Waals surface area (Å²) in [5, 5.41) is 7.89. The third-order valence-corrected chi connectivity index (χ3v) is 4.44. The highest BCUT2D eigenvalue weighted by Gasteiger charge is 2.25. The van der Waals surface area contributed by atoms with Crippen LogP contribution in [0.5, 0.6) is 0 Å². The highest BCUT2D eigenvalue weighted by Crippen LogP contribution is 2.28. The maximum Gasteiger partial charge on any atom is 0.166 e. The Kier molecular flexibility index (Phi) is 4.66. The molecule has 0 heterocycles. The maximum atomic E-state index is 5.43. The maximum absolute atomic E-state index is 5.43. The van der Waals surface area contributed by atoms with Gasteiger partial charge in [0.25, 0.3) is 0 Å². The van der Waals surface area contributed by atoms with Crippen LogP contribution in [0.4, 0.5) is 0 Å². The molecule has 0 bridgehead atoms. The zero-order valence-electron chi connectivity index (χ0n) is 11.2. The molecule has 2 rings (SSSR count). The zero-order chi connectivity index (χ0) is 12.3. The van der Waals surface area contributed by atoms with Gasteiger partial charge in [0, 0.05) is 12.1 Å². The lowest BCUT2D eigenvalue weighted by Crippen LogP contribution is -2.47. The Labute approximate surface area is 111 Å². The predicted molar refractivity (Wildman–Crippen MR) is 77.1 cm³/mol. The van der Waals surface area contributed by atoms with Gasteiger partial charge in [0.1, 0.15) is 0 Å². The fourth-order valence-corrected chi connectivity index (χ4v) is 3.88. The molecule has 0 radical (unpaired) electrons. The minimum absolute atomic E-state index is 0.593. The van der Waals surface area contributed by atoms with Gasteiger partial charge in [-0.3, -0.25) is 0 Å². The Morgan fingerprint density at radius 3 is 2.00 bits per heavy atom. The predicted octanol–water partition coefficient (Wildman–Crippen LogP) is 3.22. The van der Waals surface area contributed by atoms with Crippen molar-refractivity contribution in [3.8, 4) is 0 Å². The van der Waals surface area contributed by atoms with Crippen molar-refractivity contribution in [1.82, 2.24) is 10.6 Å². The van der Waals surface area contributed by atoms with Crippen molar-refractivity contribution < 1.29 is 0 Å². The van der Waals surface area contributed by atoms with Crippen LogP contribution in [-0.2, 0) is 0 Å². The van der Waals surface area contributed by atoms with Crippen LogP contribution in [0, 0.1) is 11.8 Å². The summed E-state index contributed by atoms with van der Waals surface area (Å²) in [6, 6.07) is 1.23. The zero-order valence-corrected chi connectivity index (χ0v) is 12.0. The second kappa shape index (κ2) is 6.03. The summed E-state index contributed by atoms with van der Waals surface area (Å²) < 4.78 is 0. The topological polar surface area (TPSA) is 24.1 Å². The van der Waals surface area contributed by atoms with Crippen LogP contribution in [0.3, 0.4) is 0 Å². The molecule has 2 atom stereocenters. The first-order chi connectivity index (χ1) is 8.13. The SMILES string of the molecule is CC1CC(C)CC(NC(=S)NC2CCCC2)C1. The van der Waals surface area contributed by atoms with E-state index in [9.17, 15) is 0 Å². The van der Waals surface area contributed by atoms with Crippen molar-refractivity contribution in [2.75, 3.05) is 0 Å².